The fraction of sp³-hybridized carbons (Fsp3) is 0.500. The fourth-order valence-corrected chi connectivity index (χ4v) is 0.400. The maximum Gasteiger partial charge on any atom is 0.327 e. The van der Waals surface area contributed by atoms with Crippen LogP contribution in [-0.4, -0.2) is 34.0 Å². The van der Waals surface area contributed by atoms with Crippen LogP contribution < -0.4 is 0 Å². The van der Waals surface area contributed by atoms with Crippen LogP contribution in [0.2, 0.25) is 0 Å². The minimum absolute atomic E-state index is 0.169. The van der Waals surface area contributed by atoms with Gasteiger partial charge in [-0.1, -0.05) is 6.08 Å². The van der Waals surface area contributed by atoms with E-state index in [1.165, 1.54) is 6.08 Å². The van der Waals surface area contributed by atoms with Gasteiger partial charge in [0.1, 0.15) is 0 Å². The summed E-state index contributed by atoms with van der Waals surface area (Å²) >= 11 is 0. The van der Waals surface area contributed by atoms with Crippen molar-refractivity contribution in [1.29, 1.82) is 0 Å². The van der Waals surface area contributed by atoms with Crippen molar-refractivity contribution < 1.29 is 20.1 Å². The Kier molecular flexibility index (Phi) is 4.53. The highest BCUT2D eigenvalue weighted by molar-refractivity contribution is 5.79. The Morgan fingerprint density at radius 2 is 2.20 bits per heavy atom. The molecule has 0 bridgehead atoms. The van der Waals surface area contributed by atoms with Gasteiger partial charge >= 0.3 is 5.97 Å². The molecule has 1 atom stereocenters. The van der Waals surface area contributed by atoms with Gasteiger partial charge in [-0.2, -0.15) is 0 Å². The largest absolute Gasteiger partial charge is 0.478 e. The van der Waals surface area contributed by atoms with Crippen LogP contribution in [0.3, 0.4) is 0 Å². The lowest BCUT2D eigenvalue weighted by Gasteiger charge is -1.99. The summed E-state index contributed by atoms with van der Waals surface area (Å²) < 4.78 is 0. The molecule has 0 aliphatic carbocycles. The summed E-state index contributed by atoms with van der Waals surface area (Å²) in [5.41, 5.74) is 0. The summed E-state index contributed by atoms with van der Waals surface area (Å²) in [6, 6.07) is 0. The number of aliphatic hydroxyl groups is 2. The van der Waals surface area contributed by atoms with Crippen LogP contribution in [0, 0.1) is 0 Å². The molecule has 0 heterocycles. The van der Waals surface area contributed by atoms with Crippen LogP contribution in [0.25, 0.3) is 0 Å². The first-order valence-electron chi connectivity index (χ1n) is 2.85. The van der Waals surface area contributed by atoms with E-state index in [9.17, 15) is 4.79 Å². The van der Waals surface area contributed by atoms with Crippen LogP contribution in [0.1, 0.15) is 6.42 Å². The molecule has 0 rings (SSSR count). The second-order valence-electron chi connectivity index (χ2n) is 1.81. The maximum atomic E-state index is 9.84. The molecule has 0 unspecified atom stereocenters. The summed E-state index contributed by atoms with van der Waals surface area (Å²) in [6.45, 7) is -0.343. The first-order valence-corrected chi connectivity index (χ1v) is 2.85. The van der Waals surface area contributed by atoms with Gasteiger partial charge in [0.2, 0.25) is 0 Å². The smallest absolute Gasteiger partial charge is 0.327 e. The van der Waals surface area contributed by atoms with Gasteiger partial charge in [0.05, 0.1) is 12.7 Å². The molecule has 0 aromatic heterocycles. The molecule has 0 aliphatic rings. The number of hydrogen-bond donors (Lipinski definition) is 3. The van der Waals surface area contributed by atoms with Crippen LogP contribution in [0.5, 0.6) is 0 Å². The number of carbonyl (C=O) groups is 1. The fourth-order valence-electron chi connectivity index (χ4n) is 0.400. The van der Waals surface area contributed by atoms with Gasteiger partial charge in [0.15, 0.2) is 0 Å². The Morgan fingerprint density at radius 1 is 1.60 bits per heavy atom. The van der Waals surface area contributed by atoms with E-state index < -0.39 is 12.1 Å². The van der Waals surface area contributed by atoms with Crippen LogP contribution >= 0.6 is 0 Å². The Labute approximate surface area is 58.4 Å². The van der Waals surface area contributed by atoms with Gasteiger partial charge in [0, 0.05) is 6.08 Å². The highest BCUT2D eigenvalue weighted by Gasteiger charge is 1.96. The number of carboxylic acid groups (broad SMARTS) is 1. The predicted octanol–water partition coefficient (Wildman–Crippen LogP) is -0.629. The minimum Gasteiger partial charge on any atom is -0.478 e. The monoisotopic (exact) mass is 146 g/mol. The molecular formula is C6H10O4. The molecule has 4 heteroatoms. The van der Waals surface area contributed by atoms with Crippen molar-refractivity contribution in [1.82, 2.24) is 0 Å². The molecule has 0 aromatic rings. The van der Waals surface area contributed by atoms with Crippen molar-refractivity contribution >= 4 is 5.97 Å². The lowest BCUT2D eigenvalue weighted by Crippen LogP contribution is -2.09. The summed E-state index contributed by atoms with van der Waals surface area (Å²) in [6.07, 6.45) is 1.54. The molecule has 0 amide bonds. The van der Waals surface area contributed by atoms with E-state index in [0.717, 1.165) is 6.08 Å². The van der Waals surface area contributed by atoms with E-state index in [4.69, 9.17) is 15.3 Å². The first kappa shape index (κ1) is 9.13. The Morgan fingerprint density at radius 3 is 2.60 bits per heavy atom. The van der Waals surface area contributed by atoms with E-state index in [2.05, 4.69) is 0 Å². The number of rotatable bonds is 4. The van der Waals surface area contributed by atoms with E-state index in [1.54, 1.807) is 0 Å². The Balaban J connectivity index is 3.43. The van der Waals surface area contributed by atoms with Gasteiger partial charge in [0.25, 0.3) is 0 Å². The lowest BCUT2D eigenvalue weighted by molar-refractivity contribution is -0.131. The molecule has 0 saturated carbocycles. The normalized spacial score (nSPS) is 13.8. The third kappa shape index (κ3) is 5.27. The van der Waals surface area contributed by atoms with Gasteiger partial charge < -0.3 is 15.3 Å². The highest BCUT2D eigenvalue weighted by atomic mass is 16.4. The zero-order valence-corrected chi connectivity index (χ0v) is 5.40. The molecular weight excluding hydrogens is 136 g/mol. The number of carboxylic acids is 1. The van der Waals surface area contributed by atoms with Crippen LogP contribution in [0.15, 0.2) is 12.2 Å². The SMILES string of the molecule is O=C(O)C=CC[C@H](O)CO. The molecule has 58 valence electrons. The molecule has 0 aliphatic heterocycles. The zero-order chi connectivity index (χ0) is 7.98. The molecule has 0 radical (unpaired) electrons. The van der Waals surface area contributed by atoms with Gasteiger partial charge in [-0.05, 0) is 6.42 Å². The molecule has 0 saturated heterocycles. The molecule has 0 spiro atoms. The standard InChI is InChI=1S/C6H10O4/c7-4-5(8)2-1-3-6(9)10/h1,3,5,7-8H,2,4H2,(H,9,10)/t5-/m0/s1. The quantitative estimate of drug-likeness (QED) is 0.461. The Bertz CT molecular complexity index is 130. The molecule has 4 nitrogen and oxygen atoms in total. The summed E-state index contributed by atoms with van der Waals surface area (Å²) in [5, 5.41) is 25.0. The second-order valence-corrected chi connectivity index (χ2v) is 1.81. The topological polar surface area (TPSA) is 77.8 Å². The minimum atomic E-state index is -1.05. The van der Waals surface area contributed by atoms with Crippen molar-refractivity contribution in [2.75, 3.05) is 6.61 Å². The van der Waals surface area contributed by atoms with Crippen molar-refractivity contribution in [3.63, 3.8) is 0 Å². The van der Waals surface area contributed by atoms with E-state index in [0.29, 0.717) is 0 Å². The molecule has 3 N–H and O–H groups in total. The predicted molar refractivity (Wildman–Crippen MR) is 34.5 cm³/mol. The number of hydrogen-bond acceptors (Lipinski definition) is 3. The average molecular weight is 146 g/mol. The first-order chi connectivity index (χ1) is 4.66. The lowest BCUT2D eigenvalue weighted by atomic mass is 10.2. The van der Waals surface area contributed by atoms with E-state index in [-0.39, 0.29) is 13.0 Å². The van der Waals surface area contributed by atoms with E-state index in [1.807, 2.05) is 0 Å². The number of aliphatic carboxylic acids is 1. The second kappa shape index (κ2) is 4.96. The van der Waals surface area contributed by atoms with Crippen molar-refractivity contribution in [3.8, 4) is 0 Å². The number of aliphatic hydroxyl groups excluding tert-OH is 2. The third-order valence-electron chi connectivity index (χ3n) is 0.879. The third-order valence-corrected chi connectivity index (χ3v) is 0.879. The zero-order valence-electron chi connectivity index (χ0n) is 5.40. The summed E-state index contributed by atoms with van der Waals surface area (Å²) in [4.78, 5) is 9.84. The van der Waals surface area contributed by atoms with Crippen molar-refractivity contribution in [2.24, 2.45) is 0 Å². The summed E-state index contributed by atoms with van der Waals surface area (Å²) in [7, 11) is 0. The van der Waals surface area contributed by atoms with E-state index >= 15 is 0 Å². The average Bonchev–Trinajstić information content (AvgIpc) is 1.87. The van der Waals surface area contributed by atoms with Gasteiger partial charge in [-0.25, -0.2) is 4.79 Å². The van der Waals surface area contributed by atoms with Gasteiger partial charge in [-0.15, -0.1) is 0 Å². The van der Waals surface area contributed by atoms with Crippen LogP contribution in [0.4, 0.5) is 0 Å². The maximum absolute atomic E-state index is 9.84. The van der Waals surface area contributed by atoms with Crippen molar-refractivity contribution in [2.45, 2.75) is 12.5 Å². The van der Waals surface area contributed by atoms with Crippen molar-refractivity contribution in [3.05, 3.63) is 12.2 Å². The molecule has 10 heavy (non-hydrogen) atoms. The molecule has 0 fully saturated rings. The molecule has 0 aromatic carbocycles. The summed E-state index contributed by atoms with van der Waals surface area (Å²) in [5.74, 6) is -1.05. The Hall–Kier alpha value is -0.870. The van der Waals surface area contributed by atoms with Gasteiger partial charge in [-0.3, -0.25) is 0 Å². The highest BCUT2D eigenvalue weighted by Crippen LogP contribution is 1.90. The van der Waals surface area contributed by atoms with Crippen LogP contribution in [-0.2, 0) is 4.79 Å².